The maximum Gasteiger partial charge on any atom is 0.311 e. The maximum absolute atomic E-state index is 11.3. The highest BCUT2D eigenvalue weighted by atomic mass is 32.2. The van der Waals surface area contributed by atoms with Crippen molar-refractivity contribution in [3.05, 3.63) is 27.9 Å². The second-order valence-electron chi connectivity index (χ2n) is 4.25. The van der Waals surface area contributed by atoms with Crippen LogP contribution in [0, 0.1) is 17.0 Å². The molecule has 1 aliphatic heterocycles. The van der Waals surface area contributed by atoms with E-state index in [9.17, 15) is 18.5 Å². The molecule has 0 aromatic carbocycles. The van der Waals surface area contributed by atoms with Gasteiger partial charge in [-0.15, -0.1) is 0 Å². The zero-order valence-electron chi connectivity index (χ0n) is 9.87. The Morgan fingerprint density at radius 2 is 2.00 bits per heavy atom. The van der Waals surface area contributed by atoms with Gasteiger partial charge < -0.3 is 4.90 Å². The van der Waals surface area contributed by atoms with Crippen LogP contribution in [0.5, 0.6) is 0 Å². The van der Waals surface area contributed by atoms with Crippen molar-refractivity contribution in [1.82, 2.24) is 4.98 Å². The Morgan fingerprint density at radius 3 is 2.56 bits per heavy atom. The van der Waals surface area contributed by atoms with E-state index in [2.05, 4.69) is 4.98 Å². The van der Waals surface area contributed by atoms with Gasteiger partial charge in [0.05, 0.1) is 16.4 Å². The second kappa shape index (κ2) is 4.52. The summed E-state index contributed by atoms with van der Waals surface area (Å²) in [6, 6.07) is 1.45. The van der Waals surface area contributed by atoms with E-state index in [-0.39, 0.29) is 36.1 Å². The first-order chi connectivity index (χ1) is 8.39. The highest BCUT2D eigenvalue weighted by Gasteiger charge is 2.27. The molecule has 1 fully saturated rings. The van der Waals surface area contributed by atoms with Crippen LogP contribution in [-0.2, 0) is 9.84 Å². The number of anilines is 1. The smallest absolute Gasteiger partial charge is 0.311 e. The fraction of sp³-hybridized carbons (Fsp3) is 0.500. The first-order valence-corrected chi connectivity index (χ1v) is 7.27. The molecule has 1 aliphatic rings. The van der Waals surface area contributed by atoms with Crippen molar-refractivity contribution in [2.24, 2.45) is 0 Å². The fourth-order valence-corrected chi connectivity index (χ4v) is 3.05. The largest absolute Gasteiger partial charge is 0.349 e. The van der Waals surface area contributed by atoms with Crippen LogP contribution in [0.3, 0.4) is 0 Å². The van der Waals surface area contributed by atoms with Crippen LogP contribution in [0.15, 0.2) is 12.3 Å². The maximum atomic E-state index is 11.3. The van der Waals surface area contributed by atoms with Crippen molar-refractivity contribution >= 4 is 21.3 Å². The van der Waals surface area contributed by atoms with E-state index in [0.717, 1.165) is 0 Å². The van der Waals surface area contributed by atoms with E-state index in [1.54, 1.807) is 18.0 Å². The van der Waals surface area contributed by atoms with Gasteiger partial charge in [0, 0.05) is 25.4 Å². The van der Waals surface area contributed by atoms with Gasteiger partial charge in [-0.1, -0.05) is 0 Å². The third-order valence-electron chi connectivity index (χ3n) is 2.82. The van der Waals surface area contributed by atoms with Crippen molar-refractivity contribution in [3.63, 3.8) is 0 Å². The highest BCUT2D eigenvalue weighted by molar-refractivity contribution is 7.91. The van der Waals surface area contributed by atoms with Gasteiger partial charge in [0.1, 0.15) is 0 Å². The molecular weight excluding hydrogens is 258 g/mol. The second-order valence-corrected chi connectivity index (χ2v) is 6.56. The third kappa shape index (κ3) is 2.58. The van der Waals surface area contributed by atoms with Crippen LogP contribution in [0.25, 0.3) is 0 Å². The van der Waals surface area contributed by atoms with Crippen LogP contribution in [-0.4, -0.2) is 42.9 Å². The molecule has 0 saturated carbocycles. The van der Waals surface area contributed by atoms with Crippen molar-refractivity contribution < 1.29 is 13.3 Å². The molecule has 18 heavy (non-hydrogen) atoms. The first kappa shape index (κ1) is 12.7. The number of aryl methyl sites for hydroxylation is 1. The Hall–Kier alpha value is -1.70. The number of hydrogen-bond acceptors (Lipinski definition) is 6. The molecule has 0 atom stereocenters. The standard InChI is InChI=1S/C10H13N3O4S/c1-8-6-9(13(14)15)10(11-7-8)12-2-4-18(16,17)5-3-12/h6-7H,2-5H2,1H3. The Bertz CT molecular complexity index is 571. The lowest BCUT2D eigenvalue weighted by atomic mass is 10.2. The van der Waals surface area contributed by atoms with Crippen LogP contribution >= 0.6 is 0 Å². The summed E-state index contributed by atoms with van der Waals surface area (Å²) in [4.78, 5) is 16.2. The summed E-state index contributed by atoms with van der Waals surface area (Å²) < 4.78 is 22.6. The molecule has 8 heteroatoms. The van der Waals surface area contributed by atoms with Gasteiger partial charge in [-0.25, -0.2) is 13.4 Å². The molecule has 98 valence electrons. The van der Waals surface area contributed by atoms with Gasteiger partial charge in [-0.05, 0) is 12.5 Å². The van der Waals surface area contributed by atoms with Crippen molar-refractivity contribution in [2.45, 2.75) is 6.92 Å². The molecule has 1 aromatic rings. The Morgan fingerprint density at radius 1 is 1.39 bits per heavy atom. The summed E-state index contributed by atoms with van der Waals surface area (Å²) in [6.45, 7) is 2.23. The van der Waals surface area contributed by atoms with Crippen LogP contribution < -0.4 is 4.90 Å². The van der Waals surface area contributed by atoms with E-state index in [1.165, 1.54) is 6.07 Å². The lowest BCUT2D eigenvalue weighted by Gasteiger charge is -2.27. The number of hydrogen-bond donors (Lipinski definition) is 0. The lowest BCUT2D eigenvalue weighted by molar-refractivity contribution is -0.384. The van der Waals surface area contributed by atoms with Crippen molar-refractivity contribution in [2.75, 3.05) is 29.5 Å². The van der Waals surface area contributed by atoms with E-state index < -0.39 is 14.8 Å². The minimum atomic E-state index is -3.00. The normalized spacial score (nSPS) is 18.6. The molecule has 0 radical (unpaired) electrons. The molecule has 0 N–H and O–H groups in total. The van der Waals surface area contributed by atoms with Gasteiger partial charge in [0.25, 0.3) is 0 Å². The number of nitro groups is 1. The number of rotatable bonds is 2. The summed E-state index contributed by atoms with van der Waals surface area (Å²) in [5.74, 6) is 0.278. The molecule has 0 bridgehead atoms. The Balaban J connectivity index is 2.32. The van der Waals surface area contributed by atoms with Gasteiger partial charge in [-0.2, -0.15) is 0 Å². The highest BCUT2D eigenvalue weighted by Crippen LogP contribution is 2.27. The van der Waals surface area contributed by atoms with Gasteiger partial charge in [-0.3, -0.25) is 10.1 Å². The summed E-state index contributed by atoms with van der Waals surface area (Å²) in [5.41, 5.74) is 0.629. The van der Waals surface area contributed by atoms with Crippen molar-refractivity contribution in [1.29, 1.82) is 0 Å². The average Bonchev–Trinajstić information content (AvgIpc) is 2.29. The molecule has 7 nitrogen and oxygen atoms in total. The predicted octanol–water partition coefficient (Wildman–Crippen LogP) is 0.533. The van der Waals surface area contributed by atoms with Crippen molar-refractivity contribution in [3.8, 4) is 0 Å². The van der Waals surface area contributed by atoms with E-state index in [4.69, 9.17) is 0 Å². The zero-order chi connectivity index (χ0) is 13.3. The summed E-state index contributed by atoms with van der Waals surface area (Å²) in [6.07, 6.45) is 1.55. The Labute approximate surface area is 105 Å². The molecule has 1 saturated heterocycles. The topological polar surface area (TPSA) is 93.4 Å². The summed E-state index contributed by atoms with van der Waals surface area (Å²) in [7, 11) is -3.00. The summed E-state index contributed by atoms with van der Waals surface area (Å²) in [5, 5.41) is 11.0. The van der Waals surface area contributed by atoms with Gasteiger partial charge >= 0.3 is 5.69 Å². The SMILES string of the molecule is Cc1cnc(N2CCS(=O)(=O)CC2)c([N+](=O)[O-])c1. The first-order valence-electron chi connectivity index (χ1n) is 5.45. The minimum absolute atomic E-state index is 0.0136. The lowest BCUT2D eigenvalue weighted by Crippen LogP contribution is -2.41. The number of sulfone groups is 1. The molecular formula is C10H13N3O4S. The predicted molar refractivity (Wildman–Crippen MR) is 66.5 cm³/mol. The fourth-order valence-electron chi connectivity index (χ4n) is 1.85. The number of aromatic nitrogens is 1. The van der Waals surface area contributed by atoms with E-state index in [1.807, 2.05) is 0 Å². The monoisotopic (exact) mass is 271 g/mol. The zero-order valence-corrected chi connectivity index (χ0v) is 10.7. The van der Waals surface area contributed by atoms with E-state index >= 15 is 0 Å². The van der Waals surface area contributed by atoms with Gasteiger partial charge in [0.2, 0.25) is 5.82 Å². The average molecular weight is 271 g/mol. The summed E-state index contributed by atoms with van der Waals surface area (Å²) >= 11 is 0. The van der Waals surface area contributed by atoms with Gasteiger partial charge in [0.15, 0.2) is 9.84 Å². The van der Waals surface area contributed by atoms with Crippen LogP contribution in [0.2, 0.25) is 0 Å². The molecule has 0 aliphatic carbocycles. The molecule has 2 rings (SSSR count). The minimum Gasteiger partial charge on any atom is -0.349 e. The van der Waals surface area contributed by atoms with Crippen LogP contribution in [0.4, 0.5) is 11.5 Å². The molecule has 0 amide bonds. The molecule has 0 unspecified atom stereocenters. The van der Waals surface area contributed by atoms with Crippen LogP contribution in [0.1, 0.15) is 5.56 Å². The molecule has 1 aromatic heterocycles. The quantitative estimate of drug-likeness (QED) is 0.575. The number of pyridine rings is 1. The molecule has 0 spiro atoms. The number of nitrogens with zero attached hydrogens (tertiary/aromatic N) is 3. The van der Waals surface area contributed by atoms with E-state index in [0.29, 0.717) is 5.56 Å². The Kier molecular flexibility index (Phi) is 3.20. The third-order valence-corrected chi connectivity index (χ3v) is 4.43. The molecule has 2 heterocycles.